The molecule has 0 N–H and O–H groups in total. The lowest BCUT2D eigenvalue weighted by Crippen LogP contribution is -2.49. The van der Waals surface area contributed by atoms with E-state index in [-0.39, 0.29) is 11.5 Å². The molecule has 4 heterocycles. The van der Waals surface area contributed by atoms with E-state index in [9.17, 15) is 9.59 Å². The lowest BCUT2D eigenvalue weighted by molar-refractivity contribution is 0.0751. The summed E-state index contributed by atoms with van der Waals surface area (Å²) in [6.07, 6.45) is 2.92. The van der Waals surface area contributed by atoms with E-state index >= 15 is 0 Å². The molecule has 6 nitrogen and oxygen atoms in total. The average molecular weight is 437 g/mol. The van der Waals surface area contributed by atoms with Crippen molar-refractivity contribution in [1.82, 2.24) is 14.5 Å². The second kappa shape index (κ2) is 7.79. The summed E-state index contributed by atoms with van der Waals surface area (Å²) in [5, 5.41) is 0.632. The number of piperazine rings is 1. The second-order valence-electron chi connectivity index (χ2n) is 8.68. The normalized spacial score (nSPS) is 16.6. The molecule has 0 aliphatic carbocycles. The number of rotatable bonds is 2. The molecular formula is C24H28N4O2S. The van der Waals surface area contributed by atoms with Crippen LogP contribution < -0.4 is 10.5 Å². The van der Waals surface area contributed by atoms with E-state index in [1.54, 1.807) is 0 Å². The fourth-order valence-electron chi connectivity index (χ4n) is 4.81. The average Bonchev–Trinajstić information content (AvgIpc) is 3.12. The van der Waals surface area contributed by atoms with E-state index in [4.69, 9.17) is 4.98 Å². The van der Waals surface area contributed by atoms with Gasteiger partial charge in [-0.05, 0) is 56.4 Å². The second-order valence-corrected chi connectivity index (χ2v) is 9.68. The van der Waals surface area contributed by atoms with Crippen molar-refractivity contribution in [3.63, 3.8) is 0 Å². The largest absolute Gasteiger partial charge is 0.368 e. The molecule has 5 rings (SSSR count). The summed E-state index contributed by atoms with van der Waals surface area (Å²) >= 11 is 1.38. The van der Waals surface area contributed by atoms with Crippen LogP contribution in [-0.2, 0) is 13.0 Å². The van der Waals surface area contributed by atoms with Gasteiger partial charge in [0.15, 0.2) is 0 Å². The number of aryl methyl sites for hydroxylation is 3. The summed E-state index contributed by atoms with van der Waals surface area (Å²) in [5.41, 5.74) is 4.66. The minimum absolute atomic E-state index is 0.0206. The lowest BCUT2D eigenvalue weighted by Gasteiger charge is -2.37. The number of benzene rings is 1. The molecule has 0 saturated carbocycles. The first-order chi connectivity index (χ1) is 15.0. The fourth-order valence-corrected chi connectivity index (χ4v) is 5.97. The Balaban J connectivity index is 1.40. The molecule has 0 bridgehead atoms. The highest BCUT2D eigenvalue weighted by molar-refractivity contribution is 7.20. The van der Waals surface area contributed by atoms with E-state index in [0.29, 0.717) is 28.2 Å². The highest BCUT2D eigenvalue weighted by Gasteiger charge is 2.28. The van der Waals surface area contributed by atoms with E-state index in [0.717, 1.165) is 50.3 Å². The van der Waals surface area contributed by atoms with Gasteiger partial charge in [-0.2, -0.15) is 0 Å². The Morgan fingerprint density at radius 3 is 2.55 bits per heavy atom. The Hall–Kier alpha value is -2.67. The van der Waals surface area contributed by atoms with Crippen LogP contribution in [0.2, 0.25) is 0 Å². The van der Waals surface area contributed by atoms with Crippen LogP contribution in [0.1, 0.15) is 45.0 Å². The third-order valence-electron chi connectivity index (χ3n) is 6.84. The third kappa shape index (κ3) is 3.35. The molecule has 0 spiro atoms. The number of carbonyl (C=O) groups excluding carboxylic acids is 1. The number of carbonyl (C=O) groups is 1. The smallest absolute Gasteiger partial charge is 0.264 e. The van der Waals surface area contributed by atoms with Gasteiger partial charge in [0.25, 0.3) is 11.5 Å². The van der Waals surface area contributed by atoms with Crippen molar-refractivity contribution in [3.05, 3.63) is 55.9 Å². The summed E-state index contributed by atoms with van der Waals surface area (Å²) in [4.78, 5) is 36.9. The number of hydrogen-bond donors (Lipinski definition) is 0. The van der Waals surface area contributed by atoms with Crippen molar-refractivity contribution in [1.29, 1.82) is 0 Å². The number of amides is 1. The lowest BCUT2D eigenvalue weighted by atomic mass is 10.1. The van der Waals surface area contributed by atoms with Crippen LogP contribution in [0, 0.1) is 20.8 Å². The zero-order valence-electron chi connectivity index (χ0n) is 18.4. The zero-order valence-corrected chi connectivity index (χ0v) is 19.2. The molecule has 162 valence electrons. The van der Waals surface area contributed by atoms with Crippen LogP contribution in [0.5, 0.6) is 0 Å². The Kier molecular flexibility index (Phi) is 5.08. The highest BCUT2D eigenvalue weighted by Crippen LogP contribution is 2.30. The highest BCUT2D eigenvalue weighted by atomic mass is 32.1. The number of thiophene rings is 1. The molecule has 3 aromatic rings. The monoisotopic (exact) mass is 436 g/mol. The van der Waals surface area contributed by atoms with Crippen LogP contribution in [0.25, 0.3) is 10.2 Å². The van der Waals surface area contributed by atoms with Gasteiger partial charge in [0.2, 0.25) is 0 Å². The van der Waals surface area contributed by atoms with Crippen molar-refractivity contribution in [3.8, 4) is 0 Å². The third-order valence-corrected chi connectivity index (χ3v) is 8.01. The maximum Gasteiger partial charge on any atom is 0.264 e. The molecule has 0 unspecified atom stereocenters. The number of anilines is 1. The van der Waals surface area contributed by atoms with Gasteiger partial charge in [-0.3, -0.25) is 14.2 Å². The number of fused-ring (bicyclic) bond motifs is 2. The number of nitrogens with zero attached hydrogens (tertiary/aromatic N) is 4. The van der Waals surface area contributed by atoms with Crippen molar-refractivity contribution in [2.24, 2.45) is 0 Å². The molecular weight excluding hydrogens is 408 g/mol. The zero-order chi connectivity index (χ0) is 21.7. The number of hydrogen-bond acceptors (Lipinski definition) is 5. The molecule has 2 aliphatic rings. The first-order valence-electron chi connectivity index (χ1n) is 11.1. The fraction of sp³-hybridized carbons (Fsp3) is 0.458. The Bertz CT molecular complexity index is 1230. The first kappa shape index (κ1) is 20.2. The summed E-state index contributed by atoms with van der Waals surface area (Å²) in [5.74, 6) is 0.898. The van der Waals surface area contributed by atoms with Crippen molar-refractivity contribution >= 4 is 33.1 Å². The van der Waals surface area contributed by atoms with E-state index in [1.807, 2.05) is 16.4 Å². The van der Waals surface area contributed by atoms with Gasteiger partial charge >= 0.3 is 0 Å². The maximum atomic E-state index is 13.4. The van der Waals surface area contributed by atoms with E-state index in [2.05, 4.69) is 36.9 Å². The molecule has 7 heteroatoms. The van der Waals surface area contributed by atoms with Gasteiger partial charge in [-0.25, -0.2) is 4.98 Å². The predicted molar refractivity (Wildman–Crippen MR) is 126 cm³/mol. The number of aromatic nitrogens is 2. The molecule has 1 saturated heterocycles. The molecule has 1 aromatic carbocycles. The summed E-state index contributed by atoms with van der Waals surface area (Å²) < 4.78 is 1.81. The van der Waals surface area contributed by atoms with Gasteiger partial charge in [0.05, 0.1) is 10.3 Å². The van der Waals surface area contributed by atoms with Crippen LogP contribution >= 0.6 is 11.3 Å². The predicted octanol–water partition coefficient (Wildman–Crippen LogP) is 3.68. The summed E-state index contributed by atoms with van der Waals surface area (Å²) in [6, 6.07) is 6.40. The van der Waals surface area contributed by atoms with Crippen molar-refractivity contribution < 1.29 is 4.79 Å². The van der Waals surface area contributed by atoms with E-state index in [1.165, 1.54) is 28.2 Å². The SMILES string of the molecule is Cc1cccc(N2CCN(C(=O)c3sc4nc5n(c(=O)c4c3C)CCCC5)CC2)c1C. The summed E-state index contributed by atoms with van der Waals surface area (Å²) in [7, 11) is 0. The van der Waals surface area contributed by atoms with Gasteiger partial charge in [-0.15, -0.1) is 11.3 Å². The first-order valence-corrected chi connectivity index (χ1v) is 11.9. The molecule has 2 aliphatic heterocycles. The van der Waals surface area contributed by atoms with Gasteiger partial charge in [0, 0.05) is 44.8 Å². The van der Waals surface area contributed by atoms with Crippen LogP contribution in [0.4, 0.5) is 5.69 Å². The van der Waals surface area contributed by atoms with Crippen molar-refractivity contribution in [2.75, 3.05) is 31.1 Å². The summed E-state index contributed by atoms with van der Waals surface area (Å²) in [6.45, 7) is 9.93. The van der Waals surface area contributed by atoms with Crippen LogP contribution in [0.3, 0.4) is 0 Å². The van der Waals surface area contributed by atoms with Gasteiger partial charge in [0.1, 0.15) is 10.7 Å². The maximum absolute atomic E-state index is 13.4. The Morgan fingerprint density at radius 1 is 1.00 bits per heavy atom. The van der Waals surface area contributed by atoms with Gasteiger partial charge < -0.3 is 9.80 Å². The Labute approximate surface area is 186 Å². The quantitative estimate of drug-likeness (QED) is 0.615. The standard InChI is InChI=1S/C24H28N4O2S/c1-15-7-6-8-18(16(15)2)26-11-13-27(14-12-26)24(30)21-17(3)20-22(31-21)25-19-9-4-5-10-28(19)23(20)29/h6-8H,4-5,9-14H2,1-3H3. The Morgan fingerprint density at radius 2 is 1.77 bits per heavy atom. The minimum atomic E-state index is 0.0206. The topological polar surface area (TPSA) is 58.4 Å². The molecule has 0 atom stereocenters. The molecule has 2 aromatic heterocycles. The van der Waals surface area contributed by atoms with Crippen LogP contribution in [-0.4, -0.2) is 46.5 Å². The van der Waals surface area contributed by atoms with Gasteiger partial charge in [-0.1, -0.05) is 12.1 Å². The van der Waals surface area contributed by atoms with Crippen LogP contribution in [0.15, 0.2) is 23.0 Å². The molecule has 1 fully saturated rings. The van der Waals surface area contributed by atoms with Crippen molar-refractivity contribution in [2.45, 2.75) is 46.6 Å². The molecule has 31 heavy (non-hydrogen) atoms. The van der Waals surface area contributed by atoms with E-state index < -0.39 is 0 Å². The minimum Gasteiger partial charge on any atom is -0.368 e. The molecule has 1 amide bonds. The molecule has 0 radical (unpaired) electrons.